The van der Waals surface area contributed by atoms with Crippen molar-refractivity contribution in [2.45, 2.75) is 26.2 Å². The van der Waals surface area contributed by atoms with Crippen LogP contribution in [0.5, 0.6) is 0 Å². The quantitative estimate of drug-likeness (QED) is 0.477. The van der Waals surface area contributed by atoms with Crippen LogP contribution in [0.15, 0.2) is 0 Å². The normalized spacial score (nSPS) is 10.8. The molecule has 0 aliphatic rings. The zero-order valence-electron chi connectivity index (χ0n) is 9.83. The molecule has 0 aliphatic carbocycles. The molecule has 92 valence electrons. The van der Waals surface area contributed by atoms with Gasteiger partial charge in [0, 0.05) is 6.54 Å². The van der Waals surface area contributed by atoms with E-state index in [-0.39, 0.29) is 6.61 Å². The third kappa shape index (κ3) is 13.8. The molecule has 0 amide bonds. The van der Waals surface area contributed by atoms with Gasteiger partial charge < -0.3 is 19.9 Å². The maximum absolute atomic E-state index is 8.43. The number of rotatable bonds is 12. The summed E-state index contributed by atoms with van der Waals surface area (Å²) in [5.41, 5.74) is 0. The molecule has 0 saturated heterocycles. The molecule has 15 heavy (non-hydrogen) atoms. The summed E-state index contributed by atoms with van der Waals surface area (Å²) >= 11 is 0. The van der Waals surface area contributed by atoms with Crippen molar-refractivity contribution < 1.29 is 14.6 Å². The van der Waals surface area contributed by atoms with E-state index in [1.807, 2.05) is 0 Å². The van der Waals surface area contributed by atoms with Crippen molar-refractivity contribution in [2.75, 3.05) is 46.1 Å². The van der Waals surface area contributed by atoms with Crippen LogP contribution in [-0.4, -0.2) is 51.2 Å². The Morgan fingerprint density at radius 2 is 1.67 bits per heavy atom. The Kier molecular flexibility index (Phi) is 13.7. The zero-order valence-corrected chi connectivity index (χ0v) is 9.83. The summed E-state index contributed by atoms with van der Waals surface area (Å²) in [5, 5.41) is 11.8. The van der Waals surface area contributed by atoms with Crippen molar-refractivity contribution in [1.82, 2.24) is 5.32 Å². The second-order valence-electron chi connectivity index (χ2n) is 3.41. The Hall–Kier alpha value is -0.160. The number of ether oxygens (including phenoxy) is 2. The fourth-order valence-corrected chi connectivity index (χ4v) is 1.16. The molecule has 0 fully saturated rings. The maximum atomic E-state index is 8.43. The smallest absolute Gasteiger partial charge is 0.0701 e. The van der Waals surface area contributed by atoms with Gasteiger partial charge in [-0.25, -0.2) is 0 Å². The number of aliphatic hydroxyl groups is 1. The first-order valence-electron chi connectivity index (χ1n) is 5.89. The lowest BCUT2D eigenvalue weighted by Gasteiger charge is -2.06. The van der Waals surface area contributed by atoms with Gasteiger partial charge in [-0.2, -0.15) is 0 Å². The van der Waals surface area contributed by atoms with Gasteiger partial charge in [0.1, 0.15) is 0 Å². The Labute approximate surface area is 93.0 Å². The topological polar surface area (TPSA) is 50.7 Å². The highest BCUT2D eigenvalue weighted by Crippen LogP contribution is 1.90. The number of aliphatic hydroxyl groups excluding tert-OH is 1. The van der Waals surface area contributed by atoms with Crippen molar-refractivity contribution in [3.63, 3.8) is 0 Å². The van der Waals surface area contributed by atoms with Crippen LogP contribution in [0.3, 0.4) is 0 Å². The summed E-state index contributed by atoms with van der Waals surface area (Å²) in [4.78, 5) is 0. The average molecular weight is 219 g/mol. The van der Waals surface area contributed by atoms with Gasteiger partial charge in [-0.15, -0.1) is 0 Å². The Bertz CT molecular complexity index is 100. The number of nitrogens with one attached hydrogen (secondary N) is 1. The highest BCUT2D eigenvalue weighted by atomic mass is 16.5. The van der Waals surface area contributed by atoms with Crippen molar-refractivity contribution in [3.05, 3.63) is 0 Å². The first-order valence-corrected chi connectivity index (χ1v) is 5.89. The molecular formula is C11H25NO3. The van der Waals surface area contributed by atoms with E-state index in [1.54, 1.807) is 0 Å². The van der Waals surface area contributed by atoms with Gasteiger partial charge >= 0.3 is 0 Å². The Morgan fingerprint density at radius 1 is 0.933 bits per heavy atom. The van der Waals surface area contributed by atoms with Gasteiger partial charge in [-0.1, -0.05) is 19.8 Å². The second kappa shape index (κ2) is 13.8. The van der Waals surface area contributed by atoms with Crippen molar-refractivity contribution in [2.24, 2.45) is 0 Å². The molecule has 0 aromatic heterocycles. The molecule has 0 aromatic rings. The van der Waals surface area contributed by atoms with Crippen molar-refractivity contribution in [3.8, 4) is 0 Å². The van der Waals surface area contributed by atoms with E-state index < -0.39 is 0 Å². The molecule has 0 saturated carbocycles. The number of hydrogen-bond acceptors (Lipinski definition) is 4. The number of unbranched alkanes of at least 4 members (excludes halogenated alkanes) is 2. The first kappa shape index (κ1) is 14.8. The van der Waals surface area contributed by atoms with Crippen LogP contribution in [-0.2, 0) is 9.47 Å². The van der Waals surface area contributed by atoms with Gasteiger partial charge in [0.15, 0.2) is 0 Å². The van der Waals surface area contributed by atoms with Crippen molar-refractivity contribution >= 4 is 0 Å². The minimum atomic E-state index is 0.0823. The van der Waals surface area contributed by atoms with Gasteiger partial charge in [0.05, 0.1) is 33.0 Å². The minimum Gasteiger partial charge on any atom is -0.394 e. The van der Waals surface area contributed by atoms with Crippen molar-refractivity contribution in [1.29, 1.82) is 0 Å². The molecule has 0 atom stereocenters. The highest BCUT2D eigenvalue weighted by Gasteiger charge is 1.90. The minimum absolute atomic E-state index is 0.0823. The predicted molar refractivity (Wildman–Crippen MR) is 61.1 cm³/mol. The molecule has 0 bridgehead atoms. The van der Waals surface area contributed by atoms with Crippen LogP contribution < -0.4 is 5.32 Å². The molecule has 2 N–H and O–H groups in total. The van der Waals surface area contributed by atoms with E-state index in [4.69, 9.17) is 14.6 Å². The predicted octanol–water partition coefficient (Wildman–Crippen LogP) is 0.792. The third-order valence-electron chi connectivity index (χ3n) is 1.99. The fraction of sp³-hybridized carbons (Fsp3) is 1.00. The van der Waals surface area contributed by atoms with Crippen LogP contribution in [0.4, 0.5) is 0 Å². The van der Waals surface area contributed by atoms with Gasteiger partial charge in [-0.3, -0.25) is 0 Å². The molecule has 0 rings (SSSR count). The van der Waals surface area contributed by atoms with Gasteiger partial charge in [0.2, 0.25) is 0 Å². The van der Waals surface area contributed by atoms with Crippen LogP contribution in [0.1, 0.15) is 26.2 Å². The second-order valence-corrected chi connectivity index (χ2v) is 3.41. The molecular weight excluding hydrogens is 194 g/mol. The third-order valence-corrected chi connectivity index (χ3v) is 1.99. The molecule has 0 aromatic carbocycles. The molecule has 0 heterocycles. The fourth-order valence-electron chi connectivity index (χ4n) is 1.16. The Balaban J connectivity index is 2.81. The van der Waals surface area contributed by atoms with Crippen LogP contribution in [0.2, 0.25) is 0 Å². The largest absolute Gasteiger partial charge is 0.394 e. The van der Waals surface area contributed by atoms with Crippen LogP contribution in [0, 0.1) is 0 Å². The molecule has 0 radical (unpaired) electrons. The monoisotopic (exact) mass is 219 g/mol. The number of hydrogen-bond donors (Lipinski definition) is 2. The molecule has 0 unspecified atom stereocenters. The van der Waals surface area contributed by atoms with E-state index >= 15 is 0 Å². The van der Waals surface area contributed by atoms with E-state index in [1.165, 1.54) is 19.3 Å². The van der Waals surface area contributed by atoms with Gasteiger partial charge in [-0.05, 0) is 13.0 Å². The maximum Gasteiger partial charge on any atom is 0.0701 e. The van der Waals surface area contributed by atoms with E-state index in [0.29, 0.717) is 19.8 Å². The molecule has 4 heteroatoms. The lowest BCUT2D eigenvalue weighted by atomic mass is 10.2. The summed E-state index contributed by atoms with van der Waals surface area (Å²) in [5.74, 6) is 0. The summed E-state index contributed by atoms with van der Waals surface area (Å²) in [6.45, 7) is 6.58. The summed E-state index contributed by atoms with van der Waals surface area (Å²) in [6, 6.07) is 0. The lowest BCUT2D eigenvalue weighted by molar-refractivity contribution is 0.0340. The summed E-state index contributed by atoms with van der Waals surface area (Å²) < 4.78 is 10.4. The lowest BCUT2D eigenvalue weighted by Crippen LogP contribution is -2.21. The zero-order chi connectivity index (χ0) is 11.2. The SMILES string of the molecule is CCCCCNCCOCCOCCO. The Morgan fingerprint density at radius 3 is 2.33 bits per heavy atom. The molecule has 0 aliphatic heterocycles. The standard InChI is InChI=1S/C11H25NO3/c1-2-3-4-5-12-6-8-14-10-11-15-9-7-13/h12-13H,2-11H2,1H3. The van der Waals surface area contributed by atoms with Crippen LogP contribution in [0.25, 0.3) is 0 Å². The highest BCUT2D eigenvalue weighted by molar-refractivity contribution is 4.46. The summed E-state index contributed by atoms with van der Waals surface area (Å²) in [6.07, 6.45) is 3.80. The van der Waals surface area contributed by atoms with Gasteiger partial charge in [0.25, 0.3) is 0 Å². The van der Waals surface area contributed by atoms with E-state index in [2.05, 4.69) is 12.2 Å². The van der Waals surface area contributed by atoms with E-state index in [0.717, 1.165) is 19.7 Å². The first-order chi connectivity index (χ1) is 7.41. The average Bonchev–Trinajstić information content (AvgIpc) is 2.26. The molecule has 0 spiro atoms. The van der Waals surface area contributed by atoms with E-state index in [9.17, 15) is 0 Å². The van der Waals surface area contributed by atoms with Crippen LogP contribution >= 0.6 is 0 Å². The summed E-state index contributed by atoms with van der Waals surface area (Å²) in [7, 11) is 0. The molecule has 4 nitrogen and oxygen atoms in total.